The minimum Gasteiger partial charge on any atom is -0.493 e. The number of ether oxygens (including phenoxy) is 4. The van der Waals surface area contributed by atoms with Gasteiger partial charge in [-0.15, -0.1) is 0 Å². The number of methoxy groups -OCH3 is 2. The number of ketones is 1. The van der Waals surface area contributed by atoms with Crippen molar-refractivity contribution in [3.63, 3.8) is 0 Å². The lowest BCUT2D eigenvalue weighted by Gasteiger charge is -2.12. The summed E-state index contributed by atoms with van der Waals surface area (Å²) < 4.78 is 34.9. The molecule has 0 bridgehead atoms. The molecule has 0 aliphatic carbocycles. The van der Waals surface area contributed by atoms with Gasteiger partial charge in [0.1, 0.15) is 5.82 Å². The third-order valence-corrected chi connectivity index (χ3v) is 3.57. The molecule has 1 aliphatic heterocycles. The molecule has 0 saturated heterocycles. The molecule has 0 atom stereocenters. The van der Waals surface area contributed by atoms with E-state index < -0.39 is 5.82 Å². The molecule has 0 amide bonds. The first kappa shape index (κ1) is 15.9. The first-order chi connectivity index (χ1) is 11.7. The van der Waals surface area contributed by atoms with Crippen molar-refractivity contribution in [1.82, 2.24) is 0 Å². The number of benzene rings is 2. The normalized spacial score (nSPS) is 12.5. The molecule has 0 N–H and O–H groups in total. The van der Waals surface area contributed by atoms with Gasteiger partial charge < -0.3 is 18.9 Å². The largest absolute Gasteiger partial charge is 0.493 e. The van der Waals surface area contributed by atoms with Crippen LogP contribution in [0.2, 0.25) is 0 Å². The minimum absolute atomic E-state index is 0.0186. The zero-order valence-corrected chi connectivity index (χ0v) is 13.2. The van der Waals surface area contributed by atoms with Gasteiger partial charge in [-0.25, -0.2) is 4.39 Å². The lowest BCUT2D eigenvalue weighted by Crippen LogP contribution is -2.01. The average Bonchev–Trinajstić information content (AvgIpc) is 3.09. The van der Waals surface area contributed by atoms with Crippen LogP contribution in [-0.4, -0.2) is 26.8 Å². The molecule has 5 nitrogen and oxygen atoms in total. The molecule has 2 aromatic carbocycles. The van der Waals surface area contributed by atoms with E-state index in [2.05, 4.69) is 0 Å². The summed E-state index contributed by atoms with van der Waals surface area (Å²) in [6, 6.07) is 7.70. The van der Waals surface area contributed by atoms with Crippen LogP contribution in [0.5, 0.6) is 23.0 Å². The highest BCUT2D eigenvalue weighted by molar-refractivity contribution is 6.09. The number of hydrogen-bond acceptors (Lipinski definition) is 5. The van der Waals surface area contributed by atoms with Crippen molar-refractivity contribution < 1.29 is 28.1 Å². The molecule has 6 heteroatoms. The summed E-state index contributed by atoms with van der Waals surface area (Å²) in [7, 11) is 2.90. The van der Waals surface area contributed by atoms with Gasteiger partial charge in [-0.3, -0.25) is 4.79 Å². The van der Waals surface area contributed by atoms with E-state index in [1.807, 2.05) is 0 Å². The Hall–Kier alpha value is -3.02. The first-order valence-corrected chi connectivity index (χ1v) is 7.17. The van der Waals surface area contributed by atoms with E-state index in [9.17, 15) is 9.18 Å². The van der Waals surface area contributed by atoms with Crippen LogP contribution in [0, 0.1) is 5.82 Å². The molecule has 2 aromatic rings. The molecule has 0 radical (unpaired) electrons. The third kappa shape index (κ3) is 2.78. The van der Waals surface area contributed by atoms with Gasteiger partial charge in [-0.05, 0) is 24.3 Å². The highest BCUT2D eigenvalue weighted by atomic mass is 19.1. The molecule has 1 heterocycles. The second kappa shape index (κ2) is 6.62. The molecule has 0 unspecified atom stereocenters. The highest BCUT2D eigenvalue weighted by Gasteiger charge is 2.28. The molecule has 1 aliphatic rings. The van der Waals surface area contributed by atoms with Crippen molar-refractivity contribution in [2.75, 3.05) is 21.0 Å². The fourth-order valence-corrected chi connectivity index (χ4v) is 2.42. The topological polar surface area (TPSA) is 54.0 Å². The smallest absolute Gasteiger partial charge is 0.231 e. The fourth-order valence-electron chi connectivity index (χ4n) is 2.42. The SMILES string of the molecule is COc1cc(C(=O)/C=C/c2ccccc2F)c(OC)c2c1OCO2. The molecular formula is C18H15FO5. The summed E-state index contributed by atoms with van der Waals surface area (Å²) in [6.45, 7) is 0.0186. The molecule has 0 fully saturated rings. The summed E-state index contributed by atoms with van der Waals surface area (Å²) in [4.78, 5) is 12.5. The predicted molar refractivity (Wildman–Crippen MR) is 85.4 cm³/mol. The van der Waals surface area contributed by atoms with E-state index in [0.717, 1.165) is 0 Å². The summed E-state index contributed by atoms with van der Waals surface area (Å²) in [5.74, 6) is 0.560. The Morgan fingerprint density at radius 1 is 1.17 bits per heavy atom. The number of fused-ring (bicyclic) bond motifs is 1. The fraction of sp³-hybridized carbons (Fsp3) is 0.167. The maximum atomic E-state index is 13.6. The van der Waals surface area contributed by atoms with Crippen molar-refractivity contribution in [2.45, 2.75) is 0 Å². The number of hydrogen-bond donors (Lipinski definition) is 0. The number of rotatable bonds is 5. The number of allylic oxidation sites excluding steroid dienone is 1. The van der Waals surface area contributed by atoms with Gasteiger partial charge in [0.2, 0.25) is 18.3 Å². The van der Waals surface area contributed by atoms with Crippen molar-refractivity contribution in [3.05, 3.63) is 53.4 Å². The Bertz CT molecular complexity index is 813. The zero-order chi connectivity index (χ0) is 17.1. The van der Waals surface area contributed by atoms with E-state index in [4.69, 9.17) is 18.9 Å². The molecular weight excluding hydrogens is 315 g/mol. The maximum Gasteiger partial charge on any atom is 0.231 e. The summed E-state index contributed by atoms with van der Waals surface area (Å²) in [6.07, 6.45) is 2.69. The Morgan fingerprint density at radius 3 is 2.62 bits per heavy atom. The van der Waals surface area contributed by atoms with Gasteiger partial charge in [0, 0.05) is 5.56 Å². The molecule has 3 rings (SSSR count). The van der Waals surface area contributed by atoms with Crippen LogP contribution < -0.4 is 18.9 Å². The van der Waals surface area contributed by atoms with Crippen LogP contribution in [-0.2, 0) is 0 Å². The zero-order valence-electron chi connectivity index (χ0n) is 13.2. The van der Waals surface area contributed by atoms with Crippen LogP contribution >= 0.6 is 0 Å². The number of carbonyl (C=O) groups is 1. The summed E-state index contributed by atoms with van der Waals surface area (Å²) in [5, 5.41) is 0. The van der Waals surface area contributed by atoms with E-state index in [1.165, 1.54) is 38.5 Å². The van der Waals surface area contributed by atoms with Crippen molar-refractivity contribution in [3.8, 4) is 23.0 Å². The Balaban J connectivity index is 1.99. The van der Waals surface area contributed by atoms with E-state index in [1.54, 1.807) is 18.2 Å². The second-order valence-electron chi connectivity index (χ2n) is 4.94. The van der Waals surface area contributed by atoms with Crippen molar-refractivity contribution in [1.29, 1.82) is 0 Å². The van der Waals surface area contributed by atoms with Crippen LogP contribution in [0.15, 0.2) is 36.4 Å². The van der Waals surface area contributed by atoms with Gasteiger partial charge in [-0.2, -0.15) is 0 Å². The van der Waals surface area contributed by atoms with Crippen LogP contribution in [0.1, 0.15) is 15.9 Å². The van der Waals surface area contributed by atoms with Gasteiger partial charge in [-0.1, -0.05) is 18.2 Å². The molecule has 124 valence electrons. The minimum atomic E-state index is -0.406. The van der Waals surface area contributed by atoms with Gasteiger partial charge in [0.25, 0.3) is 0 Å². The van der Waals surface area contributed by atoms with Crippen LogP contribution in [0.4, 0.5) is 4.39 Å². The average molecular weight is 330 g/mol. The maximum absolute atomic E-state index is 13.6. The van der Waals surface area contributed by atoms with Crippen molar-refractivity contribution in [2.24, 2.45) is 0 Å². The predicted octanol–water partition coefficient (Wildman–Crippen LogP) is 3.47. The number of halogens is 1. The van der Waals surface area contributed by atoms with Gasteiger partial charge in [0.05, 0.1) is 19.8 Å². The summed E-state index contributed by atoms with van der Waals surface area (Å²) >= 11 is 0. The molecule has 0 spiro atoms. The molecule has 0 aromatic heterocycles. The first-order valence-electron chi connectivity index (χ1n) is 7.17. The monoisotopic (exact) mass is 330 g/mol. The Labute approximate surface area is 138 Å². The number of carbonyl (C=O) groups excluding carboxylic acids is 1. The second-order valence-corrected chi connectivity index (χ2v) is 4.94. The van der Waals surface area contributed by atoms with Crippen LogP contribution in [0.25, 0.3) is 6.08 Å². The lowest BCUT2D eigenvalue weighted by atomic mass is 10.1. The van der Waals surface area contributed by atoms with E-state index >= 15 is 0 Å². The Morgan fingerprint density at radius 2 is 1.92 bits per heavy atom. The van der Waals surface area contributed by atoms with E-state index in [0.29, 0.717) is 22.8 Å². The quantitative estimate of drug-likeness (QED) is 0.621. The van der Waals surface area contributed by atoms with Crippen molar-refractivity contribution >= 4 is 11.9 Å². The van der Waals surface area contributed by atoms with Gasteiger partial charge >= 0.3 is 0 Å². The van der Waals surface area contributed by atoms with Gasteiger partial charge in [0.15, 0.2) is 17.3 Å². The van der Waals surface area contributed by atoms with Crippen LogP contribution in [0.3, 0.4) is 0 Å². The molecule has 0 saturated carbocycles. The lowest BCUT2D eigenvalue weighted by molar-refractivity contribution is 0.104. The highest BCUT2D eigenvalue weighted by Crippen LogP contribution is 2.49. The van der Waals surface area contributed by atoms with E-state index in [-0.39, 0.29) is 23.9 Å². The Kier molecular flexibility index (Phi) is 4.37. The molecule has 24 heavy (non-hydrogen) atoms. The standard InChI is InChI=1S/C18H15FO5/c1-21-15-9-12(16(22-2)18-17(15)23-10-24-18)14(20)8-7-11-5-3-4-6-13(11)19/h3-9H,10H2,1-2H3/b8-7+. The third-order valence-electron chi connectivity index (χ3n) is 3.57. The summed E-state index contributed by atoms with van der Waals surface area (Å²) in [5.41, 5.74) is 0.559.